The van der Waals surface area contributed by atoms with Crippen molar-refractivity contribution in [2.45, 2.75) is 0 Å². The minimum atomic E-state index is -0.213. The number of aliphatic imine (C=N–C) groups is 1. The molecule has 3 rings (SSSR count). The molecule has 1 amide bonds. The van der Waals surface area contributed by atoms with Gasteiger partial charge in [0.2, 0.25) is 5.84 Å². The van der Waals surface area contributed by atoms with E-state index in [4.69, 9.17) is 11.8 Å². The lowest BCUT2D eigenvalue weighted by molar-refractivity contribution is -0.754. The fourth-order valence-corrected chi connectivity index (χ4v) is 2.13. The summed E-state index contributed by atoms with van der Waals surface area (Å²) in [5, 5.41) is 2.81. The van der Waals surface area contributed by atoms with Crippen molar-refractivity contribution in [3.05, 3.63) is 54.5 Å². The van der Waals surface area contributed by atoms with Crippen molar-refractivity contribution in [1.82, 2.24) is 4.42 Å². The molecule has 2 aliphatic rings. The molecule has 0 fully saturated rings. The second-order valence-corrected chi connectivity index (χ2v) is 4.68. The van der Waals surface area contributed by atoms with E-state index in [0.717, 1.165) is 16.4 Å². The number of hydrogen-bond acceptors (Lipinski definition) is 3. The van der Waals surface area contributed by atoms with Crippen LogP contribution in [0.2, 0.25) is 0 Å². The Kier molecular flexibility index (Phi) is 3.06. The standard InChI is InChI=1S/C13H11ClN4O/c14-18-7-6-12-16-11(8-17(12)9-18)13(19)15-10-4-2-1-3-5-10/h1-8H,9H2,(H,15,19)/p+1. The van der Waals surface area contributed by atoms with Gasteiger partial charge in [-0.25, -0.2) is 9.32 Å². The molecule has 0 radical (unpaired) electrons. The van der Waals surface area contributed by atoms with Gasteiger partial charge in [0, 0.05) is 29.7 Å². The first-order chi connectivity index (χ1) is 9.22. The fourth-order valence-electron chi connectivity index (χ4n) is 1.94. The summed E-state index contributed by atoms with van der Waals surface area (Å²) >= 11 is 5.88. The predicted molar refractivity (Wildman–Crippen MR) is 73.3 cm³/mol. The molecule has 6 heteroatoms. The zero-order chi connectivity index (χ0) is 13.2. The van der Waals surface area contributed by atoms with E-state index < -0.39 is 0 Å². The molecule has 0 saturated carbocycles. The van der Waals surface area contributed by atoms with E-state index >= 15 is 0 Å². The van der Waals surface area contributed by atoms with E-state index in [2.05, 4.69) is 10.3 Å². The van der Waals surface area contributed by atoms with E-state index in [1.165, 1.54) is 4.42 Å². The zero-order valence-corrected chi connectivity index (χ0v) is 10.8. The number of hydrogen-bond donors (Lipinski definition) is 2. The van der Waals surface area contributed by atoms with Crippen LogP contribution < -0.4 is 10.2 Å². The van der Waals surface area contributed by atoms with Crippen LogP contribution in [0, 0.1) is 0 Å². The Morgan fingerprint density at radius 1 is 1.37 bits per heavy atom. The number of carbonyl (C=O) groups excluding carboxylic acids is 1. The molecule has 1 unspecified atom stereocenters. The molecule has 19 heavy (non-hydrogen) atoms. The van der Waals surface area contributed by atoms with Gasteiger partial charge in [-0.15, -0.1) is 0 Å². The summed E-state index contributed by atoms with van der Waals surface area (Å²) < 4.78 is 1.53. The van der Waals surface area contributed by atoms with Crippen molar-refractivity contribution < 1.29 is 9.69 Å². The monoisotopic (exact) mass is 275 g/mol. The Morgan fingerprint density at radius 2 is 2.16 bits per heavy atom. The SMILES string of the molecule is O=C(Nc1ccccc1)C1=C[NH+]2CN(Cl)C=CC2=N1. The summed E-state index contributed by atoms with van der Waals surface area (Å²) in [4.78, 5) is 17.3. The van der Waals surface area contributed by atoms with Gasteiger partial charge in [0.1, 0.15) is 6.20 Å². The molecule has 2 aliphatic heterocycles. The molecule has 0 bridgehead atoms. The minimum absolute atomic E-state index is 0.213. The van der Waals surface area contributed by atoms with Crippen LogP contribution in [0.25, 0.3) is 0 Å². The Balaban J connectivity index is 1.74. The molecule has 1 aromatic carbocycles. The van der Waals surface area contributed by atoms with E-state index in [0.29, 0.717) is 12.4 Å². The molecule has 2 N–H and O–H groups in total. The second kappa shape index (κ2) is 4.87. The Morgan fingerprint density at radius 3 is 2.95 bits per heavy atom. The minimum Gasteiger partial charge on any atom is -0.320 e. The maximum atomic E-state index is 12.1. The summed E-state index contributed by atoms with van der Waals surface area (Å²) in [6, 6.07) is 9.30. The molecular formula is C13H12ClN4O+. The fraction of sp³-hybridized carbons (Fsp3) is 0.0769. The lowest BCUT2D eigenvalue weighted by atomic mass is 10.3. The number of rotatable bonds is 2. The average Bonchev–Trinajstić information content (AvgIpc) is 2.83. The lowest BCUT2D eigenvalue weighted by Crippen LogP contribution is -3.11. The highest BCUT2D eigenvalue weighted by Crippen LogP contribution is 2.10. The first-order valence-corrected chi connectivity index (χ1v) is 6.20. The maximum absolute atomic E-state index is 12.1. The highest BCUT2D eigenvalue weighted by molar-refractivity contribution is 6.14. The Hall–Kier alpha value is -2.11. The molecule has 96 valence electrons. The molecule has 0 saturated heterocycles. The van der Waals surface area contributed by atoms with E-state index in [1.807, 2.05) is 30.3 Å². The van der Waals surface area contributed by atoms with E-state index in [-0.39, 0.29) is 5.91 Å². The molecule has 1 aromatic rings. The van der Waals surface area contributed by atoms with Crippen LogP contribution in [0.1, 0.15) is 0 Å². The largest absolute Gasteiger partial charge is 0.320 e. The van der Waals surface area contributed by atoms with Crippen molar-refractivity contribution in [3.63, 3.8) is 0 Å². The third-order valence-corrected chi connectivity index (χ3v) is 3.09. The highest BCUT2D eigenvalue weighted by atomic mass is 35.5. The van der Waals surface area contributed by atoms with E-state index in [1.54, 1.807) is 18.5 Å². The normalized spacial score (nSPS) is 20.7. The second-order valence-electron chi connectivity index (χ2n) is 4.25. The number of quaternary nitrogens is 1. The number of nitrogens with zero attached hydrogens (tertiary/aromatic N) is 2. The maximum Gasteiger partial charge on any atom is 0.280 e. The number of anilines is 1. The number of amidine groups is 1. The van der Waals surface area contributed by atoms with Crippen LogP contribution in [-0.2, 0) is 4.79 Å². The van der Waals surface area contributed by atoms with Gasteiger partial charge in [-0.1, -0.05) is 18.2 Å². The molecule has 0 spiro atoms. The number of carbonyl (C=O) groups is 1. The molecule has 2 heterocycles. The number of nitrogens with one attached hydrogen (secondary N) is 2. The van der Waals surface area contributed by atoms with Crippen molar-refractivity contribution >= 4 is 29.2 Å². The Labute approximate surface area is 115 Å². The predicted octanol–water partition coefficient (Wildman–Crippen LogP) is 0.704. The summed E-state index contributed by atoms with van der Waals surface area (Å²) in [6.07, 6.45) is 5.30. The van der Waals surface area contributed by atoms with Crippen LogP contribution in [0.3, 0.4) is 0 Å². The number of amides is 1. The number of para-hydroxylation sites is 1. The van der Waals surface area contributed by atoms with Gasteiger partial charge < -0.3 is 5.32 Å². The zero-order valence-electron chi connectivity index (χ0n) is 10.0. The number of fused-ring (bicyclic) bond motifs is 1. The van der Waals surface area contributed by atoms with Gasteiger partial charge in [-0.3, -0.25) is 4.79 Å². The Bertz CT molecular complexity index is 594. The van der Waals surface area contributed by atoms with Gasteiger partial charge in [-0.2, -0.15) is 4.99 Å². The molecule has 1 atom stereocenters. The average molecular weight is 276 g/mol. The van der Waals surface area contributed by atoms with Crippen LogP contribution in [0.5, 0.6) is 0 Å². The van der Waals surface area contributed by atoms with Crippen molar-refractivity contribution in [1.29, 1.82) is 0 Å². The smallest absolute Gasteiger partial charge is 0.280 e. The van der Waals surface area contributed by atoms with Gasteiger partial charge in [0.05, 0.1) is 0 Å². The topological polar surface area (TPSA) is 49.1 Å². The highest BCUT2D eigenvalue weighted by Gasteiger charge is 2.29. The lowest BCUT2D eigenvalue weighted by Gasteiger charge is -2.19. The van der Waals surface area contributed by atoms with Crippen molar-refractivity contribution in [2.75, 3.05) is 12.0 Å². The first kappa shape index (κ1) is 12.0. The summed E-state index contributed by atoms with van der Waals surface area (Å²) in [6.45, 7) is 0.555. The third kappa shape index (κ3) is 2.52. The van der Waals surface area contributed by atoms with E-state index in [9.17, 15) is 4.79 Å². The molecule has 0 aliphatic carbocycles. The first-order valence-electron chi connectivity index (χ1n) is 5.86. The van der Waals surface area contributed by atoms with Crippen LogP contribution in [0.4, 0.5) is 5.69 Å². The van der Waals surface area contributed by atoms with Gasteiger partial charge >= 0.3 is 0 Å². The molecular weight excluding hydrogens is 264 g/mol. The van der Waals surface area contributed by atoms with Crippen molar-refractivity contribution in [3.8, 4) is 0 Å². The molecule has 0 aromatic heterocycles. The molecule has 5 nitrogen and oxygen atoms in total. The van der Waals surface area contributed by atoms with Crippen LogP contribution in [0.15, 0.2) is 59.5 Å². The quantitative estimate of drug-likeness (QED) is 0.781. The summed E-state index contributed by atoms with van der Waals surface area (Å²) in [5.41, 5.74) is 1.16. The summed E-state index contributed by atoms with van der Waals surface area (Å²) in [5.74, 6) is 0.588. The van der Waals surface area contributed by atoms with Gasteiger partial charge in [0.15, 0.2) is 12.4 Å². The van der Waals surface area contributed by atoms with Crippen LogP contribution in [-0.4, -0.2) is 22.8 Å². The van der Waals surface area contributed by atoms with Crippen molar-refractivity contribution in [2.24, 2.45) is 4.99 Å². The third-order valence-electron chi connectivity index (χ3n) is 2.86. The number of benzene rings is 1. The van der Waals surface area contributed by atoms with Crippen LogP contribution >= 0.6 is 11.8 Å². The van der Waals surface area contributed by atoms with Gasteiger partial charge in [-0.05, 0) is 12.1 Å². The van der Waals surface area contributed by atoms with Gasteiger partial charge in [0.25, 0.3) is 5.91 Å². The summed E-state index contributed by atoms with van der Waals surface area (Å²) in [7, 11) is 0. The number of halogens is 1.